The molecule has 2 aliphatic rings. The molecule has 1 atom stereocenters. The number of hydrogen-bond donors (Lipinski definition) is 1. The van der Waals surface area contributed by atoms with E-state index in [-0.39, 0.29) is 53.3 Å². The number of sulfonamides is 1. The number of benzene rings is 2. The average Bonchev–Trinajstić information content (AvgIpc) is 3.56. The second-order valence-corrected chi connectivity index (χ2v) is 14.2. The first-order valence-electron chi connectivity index (χ1n) is 15.8. The third-order valence-electron chi connectivity index (χ3n) is 8.52. The Kier molecular flexibility index (Phi) is 8.95. The molecule has 46 heavy (non-hydrogen) atoms. The van der Waals surface area contributed by atoms with Gasteiger partial charge in [0.15, 0.2) is 0 Å². The van der Waals surface area contributed by atoms with Gasteiger partial charge in [0.2, 0.25) is 11.8 Å². The van der Waals surface area contributed by atoms with Crippen molar-refractivity contribution in [1.82, 2.24) is 19.9 Å². The number of fused-ring (bicyclic) bond motifs is 4. The normalized spacial score (nSPS) is 17.9. The molecule has 2 aliphatic heterocycles. The Labute approximate surface area is 270 Å². The maximum atomic E-state index is 14.3. The fraction of sp³-hybridized carbons (Fsp3) is 0.371. The van der Waals surface area contributed by atoms with Crippen molar-refractivity contribution in [2.45, 2.75) is 64.4 Å². The van der Waals surface area contributed by atoms with Crippen molar-refractivity contribution in [3.63, 3.8) is 0 Å². The van der Waals surface area contributed by atoms with Crippen molar-refractivity contribution in [1.29, 1.82) is 0 Å². The minimum absolute atomic E-state index is 0.0573. The minimum atomic E-state index is -4.14. The molecule has 4 bridgehead atoms. The Morgan fingerprint density at radius 3 is 2.41 bits per heavy atom. The molecule has 11 heteroatoms. The maximum Gasteiger partial charge on any atom is 0.264 e. The van der Waals surface area contributed by atoms with Gasteiger partial charge in [0, 0.05) is 43.0 Å². The summed E-state index contributed by atoms with van der Waals surface area (Å²) in [6, 6.07) is 17.4. The van der Waals surface area contributed by atoms with Gasteiger partial charge in [-0.05, 0) is 80.0 Å². The second-order valence-electron chi connectivity index (χ2n) is 12.6. The molecular formula is C35H40N6O4S. The molecular weight excluding hydrogens is 600 g/mol. The van der Waals surface area contributed by atoms with Gasteiger partial charge in [0.25, 0.3) is 15.9 Å². The standard InChI is InChI=1S/C35H40N6O4S/c1-23(2)17-28-22-45-32-19-30(33-24(3)9-7-10-25(33)4)37-35(38-32)39-46(43,44)29-12-8-11-27(18-29)34(42)41(28)21-26-13-14-31(36-20-26)40-15-5-6-16-40/h7-14,18-20,23,28H,5-6,15-17,21-22H2,1-4H3,(H,37,38,39)/t28-/m1/s1. The predicted octanol–water partition coefficient (Wildman–Crippen LogP) is 6.01. The Bertz CT molecular complexity index is 1820. The molecule has 4 aromatic rings. The van der Waals surface area contributed by atoms with Crippen LogP contribution in [0.25, 0.3) is 11.3 Å². The van der Waals surface area contributed by atoms with Gasteiger partial charge in [0.05, 0.1) is 16.6 Å². The van der Waals surface area contributed by atoms with Crippen LogP contribution in [0.15, 0.2) is 71.8 Å². The fourth-order valence-electron chi connectivity index (χ4n) is 6.25. The number of hydrogen-bond acceptors (Lipinski definition) is 8. The summed E-state index contributed by atoms with van der Waals surface area (Å²) in [5.74, 6) is 1.00. The molecule has 1 N–H and O–H groups in total. The van der Waals surface area contributed by atoms with Gasteiger partial charge in [-0.1, -0.05) is 44.2 Å². The monoisotopic (exact) mass is 640 g/mol. The van der Waals surface area contributed by atoms with Crippen molar-refractivity contribution in [2.75, 3.05) is 29.3 Å². The van der Waals surface area contributed by atoms with E-state index in [4.69, 9.17) is 9.72 Å². The van der Waals surface area contributed by atoms with E-state index in [1.165, 1.54) is 12.1 Å². The highest BCUT2D eigenvalue weighted by Crippen LogP contribution is 2.31. The largest absolute Gasteiger partial charge is 0.475 e. The molecule has 0 radical (unpaired) electrons. The van der Waals surface area contributed by atoms with E-state index >= 15 is 0 Å². The number of aromatic nitrogens is 3. The molecule has 240 valence electrons. The summed E-state index contributed by atoms with van der Waals surface area (Å²) in [5.41, 5.74) is 4.54. The Balaban J connectivity index is 1.43. The molecule has 2 aromatic carbocycles. The number of amides is 1. The summed E-state index contributed by atoms with van der Waals surface area (Å²) in [4.78, 5) is 32.1. The number of nitrogens with one attached hydrogen (secondary N) is 1. The van der Waals surface area contributed by atoms with Gasteiger partial charge in [-0.3, -0.25) is 4.79 Å². The highest BCUT2D eigenvalue weighted by atomic mass is 32.2. The number of pyridine rings is 1. The predicted molar refractivity (Wildman–Crippen MR) is 178 cm³/mol. The van der Waals surface area contributed by atoms with E-state index in [2.05, 4.69) is 33.4 Å². The van der Waals surface area contributed by atoms with Gasteiger partial charge in [-0.2, -0.15) is 4.98 Å². The zero-order valence-corrected chi connectivity index (χ0v) is 27.5. The van der Waals surface area contributed by atoms with Crippen LogP contribution in [0.3, 0.4) is 0 Å². The summed E-state index contributed by atoms with van der Waals surface area (Å²) in [5, 5.41) is 0. The molecule has 1 fully saturated rings. The van der Waals surface area contributed by atoms with E-state index in [9.17, 15) is 13.2 Å². The van der Waals surface area contributed by atoms with E-state index in [1.54, 1.807) is 23.1 Å². The van der Waals surface area contributed by atoms with Gasteiger partial charge in [0.1, 0.15) is 12.4 Å². The summed E-state index contributed by atoms with van der Waals surface area (Å²) < 4.78 is 36.1. The summed E-state index contributed by atoms with van der Waals surface area (Å²) >= 11 is 0. The van der Waals surface area contributed by atoms with Crippen molar-refractivity contribution >= 4 is 27.7 Å². The van der Waals surface area contributed by atoms with Crippen LogP contribution in [0, 0.1) is 19.8 Å². The number of ether oxygens (including phenoxy) is 1. The molecule has 6 rings (SSSR count). The quantitative estimate of drug-likeness (QED) is 0.273. The third-order valence-corrected chi connectivity index (χ3v) is 9.84. The summed E-state index contributed by atoms with van der Waals surface area (Å²) in [6.07, 6.45) is 4.80. The second kappa shape index (κ2) is 13.1. The first-order chi connectivity index (χ1) is 22.1. The topological polar surface area (TPSA) is 118 Å². The van der Waals surface area contributed by atoms with Crippen LogP contribution in [-0.4, -0.2) is 59.9 Å². The average molecular weight is 641 g/mol. The van der Waals surface area contributed by atoms with Crippen LogP contribution >= 0.6 is 0 Å². The van der Waals surface area contributed by atoms with E-state index in [1.807, 2.05) is 50.4 Å². The van der Waals surface area contributed by atoms with Crippen molar-refractivity contribution in [3.8, 4) is 17.1 Å². The highest BCUT2D eigenvalue weighted by Gasteiger charge is 2.29. The van der Waals surface area contributed by atoms with E-state index in [0.29, 0.717) is 12.1 Å². The lowest BCUT2D eigenvalue weighted by molar-refractivity contribution is 0.0553. The zero-order chi connectivity index (χ0) is 32.4. The lowest BCUT2D eigenvalue weighted by Gasteiger charge is -2.33. The van der Waals surface area contributed by atoms with Crippen LogP contribution in [0.1, 0.15) is 60.2 Å². The number of anilines is 2. The van der Waals surface area contributed by atoms with E-state index in [0.717, 1.165) is 54.0 Å². The number of carbonyl (C=O) groups is 1. The molecule has 2 aromatic heterocycles. The molecule has 0 unspecified atom stereocenters. The number of carbonyl (C=O) groups excluding carboxylic acids is 1. The van der Waals surface area contributed by atoms with Crippen LogP contribution in [-0.2, 0) is 16.6 Å². The first kappa shape index (κ1) is 31.5. The Morgan fingerprint density at radius 2 is 1.72 bits per heavy atom. The van der Waals surface area contributed by atoms with Crippen LogP contribution in [0.5, 0.6) is 5.88 Å². The van der Waals surface area contributed by atoms with Crippen LogP contribution < -0.4 is 14.4 Å². The highest BCUT2D eigenvalue weighted by molar-refractivity contribution is 7.92. The van der Waals surface area contributed by atoms with Crippen molar-refractivity contribution in [2.24, 2.45) is 5.92 Å². The summed E-state index contributed by atoms with van der Waals surface area (Å²) in [6.45, 7) is 10.6. The maximum absolute atomic E-state index is 14.3. The number of aryl methyl sites for hydroxylation is 2. The molecule has 10 nitrogen and oxygen atoms in total. The van der Waals surface area contributed by atoms with Crippen molar-refractivity contribution < 1.29 is 17.9 Å². The first-order valence-corrected chi connectivity index (χ1v) is 17.3. The molecule has 0 saturated carbocycles. The van der Waals surface area contributed by atoms with Gasteiger partial charge in [-0.25, -0.2) is 23.1 Å². The fourth-order valence-corrected chi connectivity index (χ4v) is 7.24. The smallest absolute Gasteiger partial charge is 0.264 e. The van der Waals surface area contributed by atoms with Crippen LogP contribution in [0.2, 0.25) is 0 Å². The molecule has 4 heterocycles. The number of rotatable bonds is 6. The minimum Gasteiger partial charge on any atom is -0.475 e. The molecule has 1 amide bonds. The third kappa shape index (κ3) is 6.84. The molecule has 1 saturated heterocycles. The Hall–Kier alpha value is -4.51. The lowest BCUT2D eigenvalue weighted by atomic mass is 10.00. The van der Waals surface area contributed by atoms with Gasteiger partial charge in [-0.15, -0.1) is 0 Å². The van der Waals surface area contributed by atoms with E-state index < -0.39 is 10.0 Å². The van der Waals surface area contributed by atoms with Gasteiger partial charge >= 0.3 is 0 Å². The van der Waals surface area contributed by atoms with Gasteiger partial charge < -0.3 is 14.5 Å². The summed E-state index contributed by atoms with van der Waals surface area (Å²) in [7, 11) is -4.14. The number of nitrogens with zero attached hydrogens (tertiary/aromatic N) is 5. The SMILES string of the molecule is Cc1cccc(C)c1-c1cc2nc(n1)NS(=O)(=O)c1cccc(c1)C(=O)N(Cc1ccc(N3CCCC3)nc1)[C@H](CC(C)C)CO2. The zero-order valence-electron chi connectivity index (χ0n) is 26.7. The Morgan fingerprint density at radius 1 is 0.978 bits per heavy atom. The van der Waals surface area contributed by atoms with Crippen molar-refractivity contribution in [3.05, 3.63) is 89.1 Å². The molecule has 0 aliphatic carbocycles. The lowest BCUT2D eigenvalue weighted by Crippen LogP contribution is -2.44. The molecule has 0 spiro atoms. The van der Waals surface area contributed by atoms with Crippen LogP contribution in [0.4, 0.5) is 11.8 Å².